The average molecular weight is 220 g/mol. The van der Waals surface area contributed by atoms with Crippen molar-refractivity contribution in [2.24, 2.45) is 0 Å². The van der Waals surface area contributed by atoms with Crippen LogP contribution in [0.4, 0.5) is 0 Å². The maximum Gasteiger partial charge on any atom is 0.618 e. The molecule has 0 rings (SSSR count). The Hall–Kier alpha value is 1.09. The quantitative estimate of drug-likeness (QED) is 0.367. The lowest BCUT2D eigenvalue weighted by molar-refractivity contribution is 0.728. The SMILES string of the molecule is [CH2]C/C=C\CCCCC.[Cl][Mg][Cl]. The van der Waals surface area contributed by atoms with Crippen LogP contribution < -0.4 is 0 Å². The van der Waals surface area contributed by atoms with E-state index in [1.165, 1.54) is 25.7 Å². The number of hydrogen-bond acceptors (Lipinski definition) is 0. The maximum absolute atomic E-state index is 4.90. The minimum Gasteiger partial charge on any atom is -0.309 e. The van der Waals surface area contributed by atoms with E-state index in [0.717, 1.165) is 6.42 Å². The molecule has 0 aliphatic heterocycles. The molecule has 0 aromatic carbocycles. The molecule has 0 aliphatic rings. The van der Waals surface area contributed by atoms with Crippen molar-refractivity contribution in [3.8, 4) is 0 Å². The van der Waals surface area contributed by atoms with Crippen molar-refractivity contribution in [3.05, 3.63) is 19.1 Å². The van der Waals surface area contributed by atoms with Crippen molar-refractivity contribution < 1.29 is 0 Å². The van der Waals surface area contributed by atoms with Gasteiger partial charge < -0.3 is 18.1 Å². The summed E-state index contributed by atoms with van der Waals surface area (Å²) in [5.74, 6) is 0. The van der Waals surface area contributed by atoms with E-state index >= 15 is 0 Å². The summed E-state index contributed by atoms with van der Waals surface area (Å²) in [6, 6.07) is 0. The van der Waals surface area contributed by atoms with Crippen LogP contribution in [0.2, 0.25) is 0 Å². The summed E-state index contributed by atoms with van der Waals surface area (Å²) in [5, 5.41) is 0. The van der Waals surface area contributed by atoms with Gasteiger partial charge in [-0.1, -0.05) is 31.9 Å². The molecule has 0 aromatic rings. The smallest absolute Gasteiger partial charge is 0.309 e. The van der Waals surface area contributed by atoms with E-state index in [2.05, 4.69) is 26.0 Å². The van der Waals surface area contributed by atoms with Gasteiger partial charge in [-0.3, -0.25) is 0 Å². The summed E-state index contributed by atoms with van der Waals surface area (Å²) in [5.41, 5.74) is 0. The van der Waals surface area contributed by atoms with Crippen molar-refractivity contribution in [1.29, 1.82) is 0 Å². The fourth-order valence-electron chi connectivity index (χ4n) is 0.748. The van der Waals surface area contributed by atoms with Gasteiger partial charge >= 0.3 is 18.2 Å². The molecule has 1 radical (unpaired) electrons. The summed E-state index contributed by atoms with van der Waals surface area (Å²) in [4.78, 5) is 0. The van der Waals surface area contributed by atoms with Crippen molar-refractivity contribution in [3.63, 3.8) is 0 Å². The van der Waals surface area contributed by atoms with E-state index in [0.29, 0.717) is 0 Å². The Morgan fingerprint density at radius 2 is 1.83 bits per heavy atom. The van der Waals surface area contributed by atoms with Crippen LogP contribution in [0, 0.1) is 6.92 Å². The number of halogens is 2. The van der Waals surface area contributed by atoms with E-state index in [1.54, 1.807) is 0 Å². The Morgan fingerprint density at radius 1 is 1.25 bits per heavy atom. The molecule has 12 heavy (non-hydrogen) atoms. The molecule has 69 valence electrons. The molecule has 0 saturated carbocycles. The first-order valence-electron chi connectivity index (χ1n) is 4.39. The van der Waals surface area contributed by atoms with Crippen LogP contribution in [0.1, 0.15) is 39.0 Å². The number of unbranched alkanes of at least 4 members (excludes halogenated alkanes) is 3. The highest BCUT2D eigenvalue weighted by Gasteiger charge is 1.79. The van der Waals surface area contributed by atoms with E-state index in [9.17, 15) is 0 Å². The molecule has 0 N–H and O–H groups in total. The van der Waals surface area contributed by atoms with E-state index in [-0.39, 0.29) is 0 Å². The zero-order valence-electron chi connectivity index (χ0n) is 7.86. The molecule has 0 fully saturated rings. The van der Waals surface area contributed by atoms with Crippen LogP contribution in [-0.2, 0) is 0 Å². The van der Waals surface area contributed by atoms with Gasteiger partial charge in [0.25, 0.3) is 0 Å². The fourth-order valence-corrected chi connectivity index (χ4v) is 0.748. The predicted octanol–water partition coefficient (Wildman–Crippen LogP) is 4.35. The van der Waals surface area contributed by atoms with Gasteiger partial charge in [-0.2, -0.15) is 0 Å². The third-order valence-corrected chi connectivity index (χ3v) is 1.31. The first-order chi connectivity index (χ1) is 5.83. The van der Waals surface area contributed by atoms with Crippen molar-refractivity contribution in [2.45, 2.75) is 39.0 Å². The molecule has 0 amide bonds. The predicted molar refractivity (Wildman–Crippen MR) is 60.7 cm³/mol. The van der Waals surface area contributed by atoms with Crippen LogP contribution in [0.25, 0.3) is 0 Å². The second kappa shape index (κ2) is 18.0. The molecule has 0 aliphatic carbocycles. The topological polar surface area (TPSA) is 0 Å². The number of rotatable bonds is 5. The summed E-state index contributed by atoms with van der Waals surface area (Å²) in [7, 11) is 9.81. The lowest BCUT2D eigenvalue weighted by Gasteiger charge is -1.89. The lowest BCUT2D eigenvalue weighted by Crippen LogP contribution is -1.69. The largest absolute Gasteiger partial charge is 0.618 e. The Kier molecular flexibility index (Phi) is 23.3. The van der Waals surface area contributed by atoms with Crippen LogP contribution in [0.5, 0.6) is 0 Å². The third kappa shape index (κ3) is 22.5. The second-order valence-electron chi connectivity index (χ2n) is 2.36. The average Bonchev–Trinajstić information content (AvgIpc) is 2.06. The van der Waals surface area contributed by atoms with Crippen molar-refractivity contribution in [1.82, 2.24) is 0 Å². The first kappa shape index (κ1) is 15.6. The Morgan fingerprint density at radius 3 is 2.25 bits per heavy atom. The van der Waals surface area contributed by atoms with Crippen molar-refractivity contribution in [2.75, 3.05) is 0 Å². The van der Waals surface area contributed by atoms with Gasteiger partial charge in [0.2, 0.25) is 0 Å². The Bertz CT molecular complexity index is 84.6. The van der Waals surface area contributed by atoms with E-state index in [1.807, 2.05) is 0 Å². The van der Waals surface area contributed by atoms with Gasteiger partial charge in [0.05, 0.1) is 0 Å². The van der Waals surface area contributed by atoms with Crippen LogP contribution in [0.3, 0.4) is 0 Å². The third-order valence-electron chi connectivity index (χ3n) is 1.31. The van der Waals surface area contributed by atoms with E-state index < -0.39 is 18.2 Å². The number of allylic oxidation sites excluding steroid dienone is 2. The standard InChI is InChI=1S/C9H17.2ClH.Mg/c1-3-5-7-9-8-6-4-2;;;/h5,7H,1,3-4,6,8-9H2,2H3;2*1H;/q;;;+2/p-2/b7-5-;;;. The van der Waals surface area contributed by atoms with E-state index in [4.69, 9.17) is 18.1 Å². The minimum absolute atomic E-state index is 0.639. The Balaban J connectivity index is 0. The van der Waals surface area contributed by atoms with Gasteiger partial charge in [-0.05, 0) is 26.2 Å². The minimum atomic E-state index is -0.639. The van der Waals surface area contributed by atoms with Gasteiger partial charge in [-0.15, -0.1) is 0 Å². The van der Waals surface area contributed by atoms with Crippen molar-refractivity contribution >= 4 is 36.3 Å². The second-order valence-corrected chi connectivity index (χ2v) is 4.98. The zero-order valence-corrected chi connectivity index (χ0v) is 10.8. The highest BCUT2D eigenvalue weighted by molar-refractivity contribution is 7.22. The molecule has 3 heteroatoms. The number of hydrogen-bond donors (Lipinski definition) is 0. The van der Waals surface area contributed by atoms with Gasteiger partial charge in [0, 0.05) is 0 Å². The lowest BCUT2D eigenvalue weighted by atomic mass is 10.2. The molecule has 0 atom stereocenters. The molecule has 0 heterocycles. The molecule has 0 aromatic heterocycles. The molecular formula is C9H17Cl2Mg. The molecule has 0 bridgehead atoms. The summed E-state index contributed by atoms with van der Waals surface area (Å²) in [6.45, 7) is 5.94. The fraction of sp³-hybridized carbons (Fsp3) is 0.667. The summed E-state index contributed by atoms with van der Waals surface area (Å²) >= 11 is -0.639. The summed E-state index contributed by atoms with van der Waals surface area (Å²) < 4.78 is 0. The van der Waals surface area contributed by atoms with Gasteiger partial charge in [-0.25, -0.2) is 0 Å². The molecule has 0 unspecified atom stereocenters. The normalized spacial score (nSPS) is 9.00. The molecule has 0 nitrogen and oxygen atoms in total. The summed E-state index contributed by atoms with van der Waals surface area (Å²) in [6.07, 6.45) is 10.6. The van der Waals surface area contributed by atoms with Gasteiger partial charge in [0.15, 0.2) is 0 Å². The van der Waals surface area contributed by atoms with Crippen LogP contribution in [0.15, 0.2) is 12.2 Å². The van der Waals surface area contributed by atoms with Gasteiger partial charge in [0.1, 0.15) is 0 Å². The highest BCUT2D eigenvalue weighted by Crippen LogP contribution is 1.99. The first-order valence-corrected chi connectivity index (χ1v) is 8.67. The molecule has 0 saturated heterocycles. The monoisotopic (exact) mass is 219 g/mol. The maximum atomic E-state index is 4.90. The zero-order chi connectivity index (χ0) is 9.66. The molecular weight excluding hydrogens is 203 g/mol. The van der Waals surface area contributed by atoms with Crippen LogP contribution >= 0.6 is 18.1 Å². The molecule has 0 spiro atoms. The van der Waals surface area contributed by atoms with Crippen LogP contribution in [-0.4, -0.2) is 18.2 Å². The highest BCUT2D eigenvalue weighted by atomic mass is 35.6. The Labute approximate surface area is 94.0 Å².